The number of rotatable bonds is 3. The summed E-state index contributed by atoms with van der Waals surface area (Å²) in [5, 5.41) is 6.27. The fraction of sp³-hybridized carbons (Fsp3) is 0.200. The second-order valence-corrected chi connectivity index (χ2v) is 3.60. The lowest BCUT2D eigenvalue weighted by atomic mass is 10.2. The average molecular weight is 257 g/mol. The minimum atomic E-state index is -4.56. The van der Waals surface area contributed by atoms with Crippen molar-refractivity contribution in [2.24, 2.45) is 5.84 Å². The van der Waals surface area contributed by atoms with E-state index in [2.05, 4.69) is 10.1 Å². The van der Waals surface area contributed by atoms with Gasteiger partial charge >= 0.3 is 6.18 Å². The second-order valence-electron chi connectivity index (χ2n) is 3.60. The van der Waals surface area contributed by atoms with Crippen LogP contribution in [0.4, 0.5) is 19.1 Å². The molecule has 1 heterocycles. The predicted octanol–water partition coefficient (Wildman–Crippen LogP) is 1.70. The molecule has 0 fully saturated rings. The third kappa shape index (κ3) is 2.77. The Hall–Kier alpha value is -2.09. The zero-order chi connectivity index (χ0) is 13.2. The number of aromatic amines is 1. The molecule has 0 atom stereocenters. The lowest BCUT2D eigenvalue weighted by molar-refractivity contribution is -0.144. The molecule has 3 N–H and O–H groups in total. The first-order valence-corrected chi connectivity index (χ1v) is 5.02. The van der Waals surface area contributed by atoms with Crippen LogP contribution in [0.2, 0.25) is 0 Å². The molecular weight excluding hydrogens is 247 g/mol. The van der Waals surface area contributed by atoms with Crippen molar-refractivity contribution in [2.75, 3.05) is 5.01 Å². The lowest BCUT2D eigenvalue weighted by Crippen LogP contribution is -2.31. The van der Waals surface area contributed by atoms with Gasteiger partial charge in [0.15, 0.2) is 0 Å². The van der Waals surface area contributed by atoms with Crippen molar-refractivity contribution in [1.29, 1.82) is 0 Å². The third-order valence-corrected chi connectivity index (χ3v) is 2.19. The van der Waals surface area contributed by atoms with Crippen LogP contribution < -0.4 is 10.9 Å². The summed E-state index contributed by atoms with van der Waals surface area (Å²) < 4.78 is 36.9. The Bertz CT molecular complexity index is 508. The number of hydrogen-bond acceptors (Lipinski definition) is 4. The van der Waals surface area contributed by atoms with Gasteiger partial charge in [0.05, 0.1) is 6.54 Å². The Balaban J connectivity index is 2.10. The molecule has 96 valence electrons. The Morgan fingerprint density at radius 2 is 1.89 bits per heavy atom. The van der Waals surface area contributed by atoms with Crippen LogP contribution in [-0.4, -0.2) is 15.2 Å². The van der Waals surface area contributed by atoms with Crippen LogP contribution in [0.15, 0.2) is 30.3 Å². The van der Waals surface area contributed by atoms with E-state index in [1.54, 1.807) is 17.2 Å². The molecule has 0 spiro atoms. The normalized spacial score (nSPS) is 11.6. The molecule has 0 unspecified atom stereocenters. The fourth-order valence-corrected chi connectivity index (χ4v) is 1.36. The van der Waals surface area contributed by atoms with E-state index in [9.17, 15) is 13.2 Å². The predicted molar refractivity (Wildman–Crippen MR) is 58.2 cm³/mol. The first kappa shape index (κ1) is 12.4. The van der Waals surface area contributed by atoms with E-state index >= 15 is 0 Å². The number of nitrogens with zero attached hydrogens (tertiary/aromatic N) is 3. The van der Waals surface area contributed by atoms with Gasteiger partial charge in [-0.25, -0.2) is 5.84 Å². The molecule has 18 heavy (non-hydrogen) atoms. The van der Waals surface area contributed by atoms with Gasteiger partial charge in [-0.05, 0) is 5.56 Å². The van der Waals surface area contributed by atoms with E-state index in [0.717, 1.165) is 10.6 Å². The molecule has 8 heteroatoms. The molecule has 0 aliphatic rings. The van der Waals surface area contributed by atoms with Crippen molar-refractivity contribution in [2.45, 2.75) is 12.7 Å². The van der Waals surface area contributed by atoms with Crippen LogP contribution in [-0.2, 0) is 12.7 Å². The summed E-state index contributed by atoms with van der Waals surface area (Å²) in [5.41, 5.74) is 0.846. The van der Waals surface area contributed by atoms with Crippen LogP contribution in [0.3, 0.4) is 0 Å². The Labute approximate surface area is 100 Å². The summed E-state index contributed by atoms with van der Waals surface area (Å²) in [7, 11) is 0. The van der Waals surface area contributed by atoms with E-state index in [1.807, 2.05) is 18.2 Å². The number of H-pyrrole nitrogens is 1. The fourth-order valence-electron chi connectivity index (χ4n) is 1.36. The molecule has 1 aromatic heterocycles. The molecule has 2 rings (SSSR count). The van der Waals surface area contributed by atoms with E-state index in [-0.39, 0.29) is 12.5 Å². The highest BCUT2D eigenvalue weighted by molar-refractivity contribution is 5.29. The van der Waals surface area contributed by atoms with Gasteiger partial charge in [0, 0.05) is 0 Å². The maximum Gasteiger partial charge on any atom is 0.451 e. The molecule has 0 saturated heterocycles. The number of halogens is 3. The Morgan fingerprint density at radius 3 is 2.44 bits per heavy atom. The molecule has 0 amide bonds. The number of nitrogens with one attached hydrogen (secondary N) is 1. The average Bonchev–Trinajstić information content (AvgIpc) is 2.79. The van der Waals surface area contributed by atoms with Crippen LogP contribution in [0.1, 0.15) is 11.4 Å². The number of hydrogen-bond donors (Lipinski definition) is 2. The second kappa shape index (κ2) is 4.65. The quantitative estimate of drug-likeness (QED) is 0.648. The van der Waals surface area contributed by atoms with E-state index in [0.29, 0.717) is 0 Å². The van der Waals surface area contributed by atoms with Crippen molar-refractivity contribution in [3.05, 3.63) is 41.7 Å². The molecule has 1 aromatic carbocycles. The number of aromatic nitrogens is 3. The molecule has 0 aliphatic heterocycles. The molecular formula is C10H10F3N5. The number of alkyl halides is 3. The molecule has 5 nitrogen and oxygen atoms in total. The maximum atomic E-state index is 12.3. The van der Waals surface area contributed by atoms with Crippen molar-refractivity contribution in [1.82, 2.24) is 15.2 Å². The van der Waals surface area contributed by atoms with Crippen molar-refractivity contribution in [3.63, 3.8) is 0 Å². The topological polar surface area (TPSA) is 70.8 Å². The summed E-state index contributed by atoms with van der Waals surface area (Å²) in [5.74, 6) is 4.24. The molecule has 2 aromatic rings. The van der Waals surface area contributed by atoms with Gasteiger partial charge in [0.2, 0.25) is 5.82 Å². The standard InChI is InChI=1S/C10H10F3N5/c11-10(12,13)8-15-9(17-16-8)18(14)6-7-4-2-1-3-5-7/h1-5H,6,14H2,(H,15,16,17). The van der Waals surface area contributed by atoms with Gasteiger partial charge in [-0.3, -0.25) is 10.1 Å². The van der Waals surface area contributed by atoms with Crippen molar-refractivity contribution < 1.29 is 13.2 Å². The summed E-state index contributed by atoms with van der Waals surface area (Å²) in [6.07, 6.45) is -4.56. The van der Waals surface area contributed by atoms with Crippen LogP contribution >= 0.6 is 0 Å². The van der Waals surface area contributed by atoms with Gasteiger partial charge in [-0.1, -0.05) is 30.3 Å². The number of hydrazine groups is 1. The number of benzene rings is 1. The van der Waals surface area contributed by atoms with Gasteiger partial charge < -0.3 is 0 Å². The van der Waals surface area contributed by atoms with E-state index < -0.39 is 12.0 Å². The van der Waals surface area contributed by atoms with E-state index in [1.165, 1.54) is 0 Å². The van der Waals surface area contributed by atoms with Crippen molar-refractivity contribution in [3.8, 4) is 0 Å². The monoisotopic (exact) mass is 257 g/mol. The molecule has 0 bridgehead atoms. The third-order valence-electron chi connectivity index (χ3n) is 2.19. The van der Waals surface area contributed by atoms with Gasteiger partial charge in [-0.15, -0.1) is 5.10 Å². The lowest BCUT2D eigenvalue weighted by Gasteiger charge is -2.13. The van der Waals surface area contributed by atoms with E-state index in [4.69, 9.17) is 5.84 Å². The summed E-state index contributed by atoms with van der Waals surface area (Å²) in [6.45, 7) is 0.218. The van der Waals surface area contributed by atoms with Gasteiger partial charge in [0.1, 0.15) is 0 Å². The zero-order valence-corrected chi connectivity index (χ0v) is 9.15. The first-order chi connectivity index (χ1) is 8.47. The van der Waals surface area contributed by atoms with Crippen LogP contribution in [0, 0.1) is 0 Å². The van der Waals surface area contributed by atoms with Gasteiger partial charge in [-0.2, -0.15) is 18.2 Å². The smallest absolute Gasteiger partial charge is 0.273 e. The largest absolute Gasteiger partial charge is 0.451 e. The molecule has 0 aliphatic carbocycles. The number of nitrogens with two attached hydrogens (primary N) is 1. The highest BCUT2D eigenvalue weighted by Crippen LogP contribution is 2.26. The first-order valence-electron chi connectivity index (χ1n) is 5.02. The minimum Gasteiger partial charge on any atom is -0.273 e. The molecule has 0 saturated carbocycles. The summed E-state index contributed by atoms with van der Waals surface area (Å²) in [6, 6.07) is 9.05. The van der Waals surface area contributed by atoms with Crippen LogP contribution in [0.5, 0.6) is 0 Å². The SMILES string of the molecule is NN(Cc1ccccc1)c1n[nH]c(C(F)(F)F)n1. The summed E-state index contributed by atoms with van der Waals surface area (Å²) >= 11 is 0. The van der Waals surface area contributed by atoms with Gasteiger partial charge in [0.25, 0.3) is 5.95 Å². The number of anilines is 1. The highest BCUT2D eigenvalue weighted by Gasteiger charge is 2.35. The van der Waals surface area contributed by atoms with Crippen LogP contribution in [0.25, 0.3) is 0 Å². The maximum absolute atomic E-state index is 12.3. The Kier molecular flexibility index (Phi) is 3.19. The zero-order valence-electron chi connectivity index (χ0n) is 9.15. The Morgan fingerprint density at radius 1 is 1.22 bits per heavy atom. The van der Waals surface area contributed by atoms with Crippen molar-refractivity contribution >= 4 is 5.95 Å². The highest BCUT2D eigenvalue weighted by atomic mass is 19.4. The minimum absolute atomic E-state index is 0.203. The summed E-state index contributed by atoms with van der Waals surface area (Å²) in [4.78, 5) is 3.29. The molecule has 0 radical (unpaired) electrons.